The van der Waals surface area contributed by atoms with Crippen molar-refractivity contribution in [3.05, 3.63) is 11.3 Å². The Balaban J connectivity index is 0.00000162. The summed E-state index contributed by atoms with van der Waals surface area (Å²) in [6.07, 6.45) is 1.45. The summed E-state index contributed by atoms with van der Waals surface area (Å²) >= 11 is 0. The van der Waals surface area contributed by atoms with Crippen molar-refractivity contribution in [3.63, 3.8) is 0 Å². The average molecular weight is 275 g/mol. The molecule has 0 unspecified atom stereocenters. The molecule has 18 heavy (non-hydrogen) atoms. The van der Waals surface area contributed by atoms with Gasteiger partial charge < -0.3 is 10.5 Å². The molecule has 2 N–H and O–H groups in total. The third kappa shape index (κ3) is 3.70. The lowest BCUT2D eigenvalue weighted by Crippen LogP contribution is -2.40. The molecule has 0 radical (unpaired) electrons. The fourth-order valence-corrected chi connectivity index (χ4v) is 2.58. The van der Waals surface area contributed by atoms with Crippen LogP contribution in [0.2, 0.25) is 0 Å². The zero-order valence-corrected chi connectivity index (χ0v) is 12.0. The summed E-state index contributed by atoms with van der Waals surface area (Å²) in [6.45, 7) is 8.21. The number of hydrogen-bond donors (Lipinski definition) is 1. The normalized spacial score (nSPS) is 24.9. The lowest BCUT2D eigenvalue weighted by molar-refractivity contribution is -0.118. The van der Waals surface area contributed by atoms with Gasteiger partial charge in [-0.05, 0) is 11.8 Å². The third-order valence-electron chi connectivity index (χ3n) is 3.52. The minimum atomic E-state index is 0. The first-order valence-electron chi connectivity index (χ1n) is 6.29. The summed E-state index contributed by atoms with van der Waals surface area (Å²) in [5, 5.41) is 0. The topological polar surface area (TPSA) is 55.6 Å². The van der Waals surface area contributed by atoms with Gasteiger partial charge in [-0.15, -0.1) is 12.4 Å². The van der Waals surface area contributed by atoms with Gasteiger partial charge in [-0.3, -0.25) is 9.69 Å². The second-order valence-corrected chi connectivity index (χ2v) is 5.83. The molecule has 0 aromatic heterocycles. The lowest BCUT2D eigenvalue weighted by atomic mass is 9.76. The van der Waals surface area contributed by atoms with Gasteiger partial charge >= 0.3 is 0 Å². The number of Topliss-reactive ketones (excluding diaryl/α,β-unsaturated/α-hetero) is 1. The van der Waals surface area contributed by atoms with Crippen LogP contribution in [0.15, 0.2) is 11.3 Å². The molecular formula is C13H23ClN2O2. The fraction of sp³-hybridized carbons (Fsp3) is 0.769. The van der Waals surface area contributed by atoms with Crippen molar-refractivity contribution in [2.24, 2.45) is 11.1 Å². The Hall–Kier alpha value is -0.580. The van der Waals surface area contributed by atoms with Crippen molar-refractivity contribution in [1.82, 2.24) is 4.90 Å². The summed E-state index contributed by atoms with van der Waals surface area (Å²) in [4.78, 5) is 14.4. The average Bonchev–Trinajstić information content (AvgIpc) is 2.24. The highest BCUT2D eigenvalue weighted by Gasteiger charge is 2.32. The van der Waals surface area contributed by atoms with Gasteiger partial charge in [0.1, 0.15) is 0 Å². The number of carbonyl (C=O) groups is 1. The number of allylic oxidation sites excluding steroid dienone is 1. The maximum absolute atomic E-state index is 12.1. The molecule has 0 bridgehead atoms. The van der Waals surface area contributed by atoms with Crippen LogP contribution in [0.3, 0.4) is 0 Å². The van der Waals surface area contributed by atoms with E-state index < -0.39 is 0 Å². The molecule has 1 aliphatic heterocycles. The van der Waals surface area contributed by atoms with Crippen LogP contribution < -0.4 is 5.73 Å². The number of ether oxygens (including phenoxy) is 1. The van der Waals surface area contributed by atoms with Gasteiger partial charge in [-0.1, -0.05) is 13.8 Å². The lowest BCUT2D eigenvalue weighted by Gasteiger charge is -2.33. The summed E-state index contributed by atoms with van der Waals surface area (Å²) in [5.74, 6) is 0.227. The number of nitrogens with two attached hydrogens (primary N) is 1. The summed E-state index contributed by atoms with van der Waals surface area (Å²) in [7, 11) is 0. The van der Waals surface area contributed by atoms with E-state index >= 15 is 0 Å². The second kappa shape index (κ2) is 6.04. The molecule has 1 fully saturated rings. The van der Waals surface area contributed by atoms with Crippen molar-refractivity contribution in [1.29, 1.82) is 0 Å². The first-order chi connectivity index (χ1) is 7.98. The number of hydrogen-bond acceptors (Lipinski definition) is 4. The molecular weight excluding hydrogens is 252 g/mol. The summed E-state index contributed by atoms with van der Waals surface area (Å²) in [5.41, 5.74) is 7.72. The first kappa shape index (κ1) is 15.5. The standard InChI is InChI=1S/C13H22N2O2.ClH/c1-13(2)7-11(14)10(12(16)8-13)9-15-3-5-17-6-4-15;/h3-9,14H2,1-2H3;1H. The molecule has 1 saturated heterocycles. The molecule has 104 valence electrons. The van der Waals surface area contributed by atoms with Crippen LogP contribution in [-0.2, 0) is 9.53 Å². The Morgan fingerprint density at radius 1 is 1.28 bits per heavy atom. The zero-order chi connectivity index (χ0) is 12.5. The van der Waals surface area contributed by atoms with E-state index in [0.717, 1.165) is 44.0 Å². The van der Waals surface area contributed by atoms with Crippen molar-refractivity contribution in [2.75, 3.05) is 32.8 Å². The van der Waals surface area contributed by atoms with Crippen molar-refractivity contribution in [3.8, 4) is 0 Å². The number of ketones is 1. The quantitative estimate of drug-likeness (QED) is 0.826. The number of halogens is 1. The molecule has 0 aromatic carbocycles. The first-order valence-corrected chi connectivity index (χ1v) is 6.29. The third-order valence-corrected chi connectivity index (χ3v) is 3.52. The highest BCUT2D eigenvalue weighted by atomic mass is 35.5. The van der Waals surface area contributed by atoms with E-state index in [0.29, 0.717) is 13.0 Å². The molecule has 0 saturated carbocycles. The van der Waals surface area contributed by atoms with Gasteiger partial charge in [-0.2, -0.15) is 0 Å². The highest BCUT2D eigenvalue weighted by Crippen LogP contribution is 2.34. The second-order valence-electron chi connectivity index (χ2n) is 5.83. The number of rotatable bonds is 2. The summed E-state index contributed by atoms with van der Waals surface area (Å²) < 4.78 is 5.30. The fourth-order valence-electron chi connectivity index (χ4n) is 2.58. The zero-order valence-electron chi connectivity index (χ0n) is 11.2. The Labute approximate surface area is 115 Å². The van der Waals surface area contributed by atoms with Gasteiger partial charge in [0.25, 0.3) is 0 Å². The summed E-state index contributed by atoms with van der Waals surface area (Å²) in [6, 6.07) is 0. The highest BCUT2D eigenvalue weighted by molar-refractivity contribution is 5.97. The molecule has 5 heteroatoms. The van der Waals surface area contributed by atoms with E-state index in [9.17, 15) is 4.79 Å². The SMILES string of the molecule is CC1(C)CC(=O)C(CN2CCOCC2)=C(N)C1.Cl. The Bertz CT molecular complexity index is 347. The van der Waals surface area contributed by atoms with Crippen molar-refractivity contribution >= 4 is 18.2 Å². The van der Waals surface area contributed by atoms with Crippen LogP contribution in [0.1, 0.15) is 26.7 Å². The Morgan fingerprint density at radius 2 is 1.89 bits per heavy atom. The van der Waals surface area contributed by atoms with Crippen LogP contribution in [0.25, 0.3) is 0 Å². The van der Waals surface area contributed by atoms with Crippen molar-refractivity contribution < 1.29 is 9.53 Å². The van der Waals surface area contributed by atoms with Gasteiger partial charge in [0.2, 0.25) is 0 Å². The number of morpholine rings is 1. The van der Waals surface area contributed by atoms with Crippen LogP contribution >= 0.6 is 12.4 Å². The minimum Gasteiger partial charge on any atom is -0.402 e. The van der Waals surface area contributed by atoms with Crippen LogP contribution in [0.5, 0.6) is 0 Å². The molecule has 0 aromatic rings. The predicted molar refractivity (Wildman–Crippen MR) is 73.7 cm³/mol. The molecule has 0 spiro atoms. The van der Waals surface area contributed by atoms with E-state index in [1.807, 2.05) is 0 Å². The van der Waals surface area contributed by atoms with Gasteiger partial charge in [0.05, 0.1) is 13.2 Å². The van der Waals surface area contributed by atoms with Gasteiger partial charge in [0, 0.05) is 37.3 Å². The van der Waals surface area contributed by atoms with E-state index in [4.69, 9.17) is 10.5 Å². The number of nitrogens with zero attached hydrogens (tertiary/aromatic N) is 1. The maximum atomic E-state index is 12.1. The molecule has 4 nitrogen and oxygen atoms in total. The predicted octanol–water partition coefficient (Wildman–Crippen LogP) is 1.34. The molecule has 2 aliphatic rings. The minimum absolute atomic E-state index is 0. The smallest absolute Gasteiger partial charge is 0.162 e. The molecule has 0 amide bonds. The van der Waals surface area contributed by atoms with Gasteiger partial charge in [-0.25, -0.2) is 0 Å². The molecule has 2 rings (SSSR count). The van der Waals surface area contributed by atoms with E-state index in [2.05, 4.69) is 18.7 Å². The monoisotopic (exact) mass is 274 g/mol. The largest absolute Gasteiger partial charge is 0.402 e. The van der Waals surface area contributed by atoms with Crippen LogP contribution in [0.4, 0.5) is 0 Å². The van der Waals surface area contributed by atoms with E-state index in [1.54, 1.807) is 0 Å². The Morgan fingerprint density at radius 3 is 2.44 bits per heavy atom. The van der Waals surface area contributed by atoms with E-state index in [-0.39, 0.29) is 23.6 Å². The molecule has 1 aliphatic carbocycles. The number of carbonyl (C=O) groups excluding carboxylic acids is 1. The van der Waals surface area contributed by atoms with Gasteiger partial charge in [0.15, 0.2) is 5.78 Å². The van der Waals surface area contributed by atoms with Crippen LogP contribution in [-0.4, -0.2) is 43.5 Å². The molecule has 1 heterocycles. The maximum Gasteiger partial charge on any atom is 0.162 e. The van der Waals surface area contributed by atoms with E-state index in [1.165, 1.54) is 0 Å². The van der Waals surface area contributed by atoms with Crippen molar-refractivity contribution in [2.45, 2.75) is 26.7 Å². The van der Waals surface area contributed by atoms with Crippen LogP contribution in [0, 0.1) is 5.41 Å². The Kier molecular flexibility index (Phi) is 5.20. The molecule has 0 atom stereocenters.